The summed E-state index contributed by atoms with van der Waals surface area (Å²) in [5, 5.41) is 27.6. The van der Waals surface area contributed by atoms with Gasteiger partial charge >= 0.3 is 5.97 Å². The quantitative estimate of drug-likeness (QED) is 0.159. The van der Waals surface area contributed by atoms with Gasteiger partial charge in [0.1, 0.15) is 5.75 Å². The summed E-state index contributed by atoms with van der Waals surface area (Å²) >= 11 is 1.54. The van der Waals surface area contributed by atoms with Crippen LogP contribution in [-0.4, -0.2) is 82.1 Å². The first-order valence-electron chi connectivity index (χ1n) is 15.6. The van der Waals surface area contributed by atoms with Crippen LogP contribution in [0.5, 0.6) is 5.75 Å². The second kappa shape index (κ2) is 15.4. The molecule has 0 radical (unpaired) electrons. The van der Waals surface area contributed by atoms with E-state index in [1.54, 1.807) is 39.0 Å². The van der Waals surface area contributed by atoms with Crippen molar-refractivity contribution >= 4 is 29.5 Å². The molecule has 1 heterocycles. The van der Waals surface area contributed by atoms with Gasteiger partial charge in [-0.1, -0.05) is 43.5 Å². The first kappa shape index (κ1) is 34.0. The molecule has 4 N–H and O–H groups in total. The number of likely N-dealkylation sites (tertiary alicyclic amines) is 1. The SMILES string of the molecule is CC(=O)Oc1cccc(C(=O)NC(CSc2ccccc2)C(O)CN2CC3CCCCC3CC2C(=O)NC(C)(C)CO)c1C. The third-order valence-corrected chi connectivity index (χ3v) is 9.95. The normalized spacial score (nSPS) is 21.9. The van der Waals surface area contributed by atoms with Crippen molar-refractivity contribution in [3.8, 4) is 5.75 Å². The van der Waals surface area contributed by atoms with E-state index < -0.39 is 29.7 Å². The Hall–Kier alpha value is -2.92. The summed E-state index contributed by atoms with van der Waals surface area (Å²) < 4.78 is 5.28. The van der Waals surface area contributed by atoms with E-state index in [2.05, 4.69) is 15.5 Å². The van der Waals surface area contributed by atoms with Crippen molar-refractivity contribution in [1.82, 2.24) is 15.5 Å². The summed E-state index contributed by atoms with van der Waals surface area (Å²) in [7, 11) is 0. The van der Waals surface area contributed by atoms with Gasteiger partial charge in [-0.3, -0.25) is 19.3 Å². The number of nitrogens with one attached hydrogen (secondary N) is 2. The maximum absolute atomic E-state index is 13.6. The van der Waals surface area contributed by atoms with Crippen molar-refractivity contribution < 1.29 is 29.3 Å². The van der Waals surface area contributed by atoms with Crippen molar-refractivity contribution in [2.24, 2.45) is 11.8 Å². The summed E-state index contributed by atoms with van der Waals surface area (Å²) in [6, 6.07) is 13.7. The van der Waals surface area contributed by atoms with Crippen molar-refractivity contribution in [2.45, 2.75) is 88.4 Å². The Bertz CT molecular complexity index is 1290. The molecular formula is C34H47N3O6S. The zero-order valence-corrected chi connectivity index (χ0v) is 27.1. The zero-order chi connectivity index (χ0) is 31.9. The van der Waals surface area contributed by atoms with E-state index in [1.807, 2.05) is 30.3 Å². The van der Waals surface area contributed by atoms with Crippen LogP contribution in [0.4, 0.5) is 0 Å². The van der Waals surface area contributed by atoms with Gasteiger partial charge in [-0.05, 0) is 69.7 Å². The fourth-order valence-corrected chi connectivity index (χ4v) is 7.35. The fraction of sp³-hybridized carbons (Fsp3) is 0.559. The predicted molar refractivity (Wildman–Crippen MR) is 172 cm³/mol. The lowest BCUT2D eigenvalue weighted by Gasteiger charge is -2.47. The molecule has 1 saturated carbocycles. The number of hydrogen-bond donors (Lipinski definition) is 4. The molecule has 1 aliphatic heterocycles. The largest absolute Gasteiger partial charge is 0.426 e. The molecule has 2 aromatic rings. The summed E-state index contributed by atoms with van der Waals surface area (Å²) in [6.07, 6.45) is 4.30. The minimum atomic E-state index is -0.964. The second-order valence-electron chi connectivity index (χ2n) is 12.8. The molecule has 0 spiro atoms. The zero-order valence-electron chi connectivity index (χ0n) is 26.3. The lowest BCUT2D eigenvalue weighted by molar-refractivity contribution is -0.133. The van der Waals surface area contributed by atoms with E-state index in [9.17, 15) is 24.6 Å². The van der Waals surface area contributed by atoms with Crippen LogP contribution in [0, 0.1) is 18.8 Å². The number of nitrogens with zero attached hydrogens (tertiary/aromatic N) is 1. The first-order valence-corrected chi connectivity index (χ1v) is 16.6. The average molecular weight is 626 g/mol. The van der Waals surface area contributed by atoms with Gasteiger partial charge in [0, 0.05) is 41.8 Å². The van der Waals surface area contributed by atoms with Gasteiger partial charge in [0.15, 0.2) is 0 Å². The number of ether oxygens (including phenoxy) is 1. The molecule has 9 nitrogen and oxygen atoms in total. The highest BCUT2D eigenvalue weighted by Crippen LogP contribution is 2.39. The summed E-state index contributed by atoms with van der Waals surface area (Å²) in [5.74, 6) is 0.660. The first-order chi connectivity index (χ1) is 21.0. The summed E-state index contributed by atoms with van der Waals surface area (Å²) in [5.41, 5.74) is 0.135. The van der Waals surface area contributed by atoms with Crippen LogP contribution < -0.4 is 15.4 Å². The van der Waals surface area contributed by atoms with E-state index in [0.29, 0.717) is 47.4 Å². The number of aliphatic hydroxyl groups excluding tert-OH is 2. The fourth-order valence-electron chi connectivity index (χ4n) is 6.32. The van der Waals surface area contributed by atoms with Crippen LogP contribution in [-0.2, 0) is 9.59 Å². The molecule has 2 fully saturated rings. The Labute approximate surface area is 265 Å². The van der Waals surface area contributed by atoms with E-state index in [4.69, 9.17) is 4.74 Å². The maximum Gasteiger partial charge on any atom is 0.308 e. The number of β-amino-alcohol motifs (C(OH)–C–C–N with tert-alkyl or cyclic N) is 1. The minimum absolute atomic E-state index is 0.141. The van der Waals surface area contributed by atoms with Gasteiger partial charge in [0.05, 0.1) is 30.3 Å². The number of esters is 1. The Kier molecular flexibility index (Phi) is 11.9. The third kappa shape index (κ3) is 9.06. The second-order valence-corrected chi connectivity index (χ2v) is 13.9. The van der Waals surface area contributed by atoms with E-state index in [0.717, 1.165) is 17.7 Å². The highest BCUT2D eigenvalue weighted by Gasteiger charge is 2.42. The molecule has 2 aromatic carbocycles. The van der Waals surface area contributed by atoms with Crippen LogP contribution in [0.3, 0.4) is 0 Å². The third-order valence-electron chi connectivity index (χ3n) is 8.82. The van der Waals surface area contributed by atoms with Gasteiger partial charge in [-0.15, -0.1) is 11.8 Å². The number of hydrogen-bond acceptors (Lipinski definition) is 8. The topological polar surface area (TPSA) is 128 Å². The highest BCUT2D eigenvalue weighted by atomic mass is 32.2. The molecule has 4 rings (SSSR count). The van der Waals surface area contributed by atoms with E-state index in [-0.39, 0.29) is 25.0 Å². The summed E-state index contributed by atoms with van der Waals surface area (Å²) in [6.45, 7) is 7.37. The molecule has 5 unspecified atom stereocenters. The van der Waals surface area contributed by atoms with Crippen molar-refractivity contribution in [1.29, 1.82) is 0 Å². The molecule has 240 valence electrons. The van der Waals surface area contributed by atoms with Crippen molar-refractivity contribution in [3.63, 3.8) is 0 Å². The van der Waals surface area contributed by atoms with Crippen LogP contribution in [0.1, 0.15) is 68.8 Å². The van der Waals surface area contributed by atoms with Gasteiger partial charge in [-0.2, -0.15) is 0 Å². The van der Waals surface area contributed by atoms with Crippen molar-refractivity contribution in [2.75, 3.05) is 25.4 Å². The van der Waals surface area contributed by atoms with Crippen LogP contribution in [0.25, 0.3) is 0 Å². The number of aliphatic hydroxyl groups is 2. The number of carbonyl (C=O) groups is 3. The maximum atomic E-state index is 13.6. The molecule has 1 aliphatic carbocycles. The average Bonchev–Trinajstić information content (AvgIpc) is 2.99. The van der Waals surface area contributed by atoms with Crippen molar-refractivity contribution in [3.05, 3.63) is 59.7 Å². The van der Waals surface area contributed by atoms with Gasteiger partial charge in [0.25, 0.3) is 5.91 Å². The lowest BCUT2D eigenvalue weighted by Crippen LogP contribution is -2.61. The number of thioether (sulfide) groups is 1. The van der Waals surface area contributed by atoms with E-state index >= 15 is 0 Å². The molecule has 1 saturated heterocycles. The molecule has 10 heteroatoms. The molecule has 2 amide bonds. The van der Waals surface area contributed by atoms with Gasteiger partial charge in [0.2, 0.25) is 5.91 Å². The molecule has 5 atom stereocenters. The van der Waals surface area contributed by atoms with Crippen LogP contribution in [0.2, 0.25) is 0 Å². The Morgan fingerprint density at radius 2 is 1.77 bits per heavy atom. The molecule has 0 aromatic heterocycles. The van der Waals surface area contributed by atoms with Gasteiger partial charge < -0.3 is 25.6 Å². The minimum Gasteiger partial charge on any atom is -0.426 e. The monoisotopic (exact) mass is 625 g/mol. The molecule has 2 aliphatic rings. The molecule has 0 bridgehead atoms. The molecule has 44 heavy (non-hydrogen) atoms. The number of amides is 2. The number of carbonyl (C=O) groups excluding carboxylic acids is 3. The lowest BCUT2D eigenvalue weighted by atomic mass is 9.72. The number of benzene rings is 2. The predicted octanol–water partition coefficient (Wildman–Crippen LogP) is 3.94. The van der Waals surface area contributed by atoms with Gasteiger partial charge in [-0.25, -0.2) is 0 Å². The Balaban J connectivity index is 1.56. The summed E-state index contributed by atoms with van der Waals surface area (Å²) in [4.78, 5) is 41.8. The highest BCUT2D eigenvalue weighted by molar-refractivity contribution is 7.99. The molecular weight excluding hydrogens is 578 g/mol. The number of rotatable bonds is 12. The van der Waals surface area contributed by atoms with Crippen LogP contribution >= 0.6 is 11.8 Å². The smallest absolute Gasteiger partial charge is 0.308 e. The van der Waals surface area contributed by atoms with E-state index in [1.165, 1.54) is 31.5 Å². The Morgan fingerprint density at radius 1 is 1.07 bits per heavy atom. The van der Waals surface area contributed by atoms with Crippen LogP contribution in [0.15, 0.2) is 53.4 Å². The Morgan fingerprint density at radius 3 is 2.45 bits per heavy atom. The standard InChI is InChI=1S/C34H47N3O6S/c1-22-27(15-10-16-31(22)43-23(2)39)32(41)35-28(20-44-26-13-6-5-7-14-26)30(40)19-37-18-25-12-9-8-11-24(25)17-29(37)33(42)36-34(3,4)21-38/h5-7,10,13-16,24-25,28-30,38,40H,8-9,11-12,17-21H2,1-4H3,(H,35,41)(H,36,42). The number of fused-ring (bicyclic) bond motifs is 1. The number of piperidine rings is 1.